The molecule has 2 aromatic rings. The minimum Gasteiger partial charge on any atom is -0.495 e. The van der Waals surface area contributed by atoms with E-state index in [0.717, 1.165) is 12.1 Å². The monoisotopic (exact) mass is 426 g/mol. The van der Waals surface area contributed by atoms with E-state index in [1.807, 2.05) is 0 Å². The summed E-state index contributed by atoms with van der Waals surface area (Å²) in [6, 6.07) is 7.07. The van der Waals surface area contributed by atoms with Gasteiger partial charge in [-0.3, -0.25) is 4.79 Å². The Morgan fingerprint density at radius 2 is 1.79 bits per heavy atom. The lowest BCUT2D eigenvalue weighted by atomic mass is 10.1. The Bertz CT molecular complexity index is 987. The number of carbonyl (C=O) groups is 1. The first kappa shape index (κ1) is 21.2. The molecule has 1 saturated heterocycles. The molecule has 2 aromatic carbocycles. The van der Waals surface area contributed by atoms with Gasteiger partial charge in [-0.15, -0.1) is 0 Å². The van der Waals surface area contributed by atoms with Crippen LogP contribution >= 0.6 is 0 Å². The smallest absolute Gasteiger partial charge is 0.246 e. The molecular formula is C19H20F2N2O5S. The number of halogens is 2. The fraction of sp³-hybridized carbons (Fsp3) is 0.316. The number of morpholine rings is 1. The molecule has 1 fully saturated rings. The first-order valence-electron chi connectivity index (χ1n) is 8.80. The van der Waals surface area contributed by atoms with Gasteiger partial charge in [0.25, 0.3) is 0 Å². The van der Waals surface area contributed by atoms with Gasteiger partial charge in [-0.25, -0.2) is 17.2 Å². The van der Waals surface area contributed by atoms with Crippen LogP contribution in [0.2, 0.25) is 0 Å². The molecule has 0 aromatic heterocycles. The van der Waals surface area contributed by atoms with Gasteiger partial charge in [0.05, 0.1) is 26.7 Å². The number of rotatable bonds is 6. The number of amides is 1. The second-order valence-corrected chi connectivity index (χ2v) is 8.29. The predicted octanol–water partition coefficient (Wildman–Crippen LogP) is 2.18. The zero-order chi connectivity index (χ0) is 21.0. The lowest BCUT2D eigenvalue weighted by Gasteiger charge is -2.26. The van der Waals surface area contributed by atoms with Gasteiger partial charge in [-0.2, -0.15) is 4.31 Å². The van der Waals surface area contributed by atoms with Gasteiger partial charge >= 0.3 is 0 Å². The predicted molar refractivity (Wildman–Crippen MR) is 101 cm³/mol. The Hall–Kier alpha value is -2.56. The Balaban J connectivity index is 1.81. The number of ether oxygens (including phenoxy) is 2. The van der Waals surface area contributed by atoms with Crippen LogP contribution in [-0.4, -0.2) is 52.0 Å². The number of nitrogens with one attached hydrogen (secondary N) is 1. The van der Waals surface area contributed by atoms with E-state index in [-0.39, 0.29) is 35.8 Å². The summed E-state index contributed by atoms with van der Waals surface area (Å²) in [5, 5.41) is 2.40. The van der Waals surface area contributed by atoms with Crippen LogP contribution in [0, 0.1) is 11.6 Å². The summed E-state index contributed by atoms with van der Waals surface area (Å²) >= 11 is 0. The molecule has 7 nitrogen and oxygen atoms in total. The third-order valence-corrected chi connectivity index (χ3v) is 6.25. The quantitative estimate of drug-likeness (QED) is 0.765. The van der Waals surface area contributed by atoms with E-state index in [4.69, 9.17) is 9.47 Å². The topological polar surface area (TPSA) is 84.9 Å². The molecule has 1 amide bonds. The van der Waals surface area contributed by atoms with Crippen LogP contribution < -0.4 is 10.1 Å². The maximum absolute atomic E-state index is 13.3. The van der Waals surface area contributed by atoms with Crippen LogP contribution in [0.25, 0.3) is 0 Å². The van der Waals surface area contributed by atoms with Crippen LogP contribution in [-0.2, 0) is 26.0 Å². The lowest BCUT2D eigenvalue weighted by molar-refractivity contribution is -0.115. The van der Waals surface area contributed by atoms with Gasteiger partial charge in [-0.05, 0) is 29.8 Å². The maximum atomic E-state index is 13.3. The SMILES string of the molecule is COc1ccc(CC(=O)Nc2cc(F)cc(F)c2)cc1S(=O)(=O)N1CCOCC1. The van der Waals surface area contributed by atoms with E-state index in [0.29, 0.717) is 24.8 Å². The molecule has 0 radical (unpaired) electrons. The number of nitrogens with zero attached hydrogens (tertiary/aromatic N) is 1. The van der Waals surface area contributed by atoms with Gasteiger partial charge in [-0.1, -0.05) is 6.07 Å². The molecule has 1 aliphatic rings. The number of methoxy groups -OCH3 is 1. The van der Waals surface area contributed by atoms with Gasteiger partial charge in [0.15, 0.2) is 0 Å². The molecule has 1 heterocycles. The molecule has 0 aliphatic carbocycles. The average molecular weight is 426 g/mol. The fourth-order valence-corrected chi connectivity index (χ4v) is 4.59. The van der Waals surface area contributed by atoms with E-state index in [2.05, 4.69) is 5.32 Å². The molecular weight excluding hydrogens is 406 g/mol. The van der Waals surface area contributed by atoms with E-state index in [9.17, 15) is 22.0 Å². The average Bonchev–Trinajstić information content (AvgIpc) is 2.67. The summed E-state index contributed by atoms with van der Waals surface area (Å²) in [6.45, 7) is 1.05. The molecule has 0 spiro atoms. The second-order valence-electron chi connectivity index (χ2n) is 6.38. The zero-order valence-corrected chi connectivity index (χ0v) is 16.5. The first-order valence-corrected chi connectivity index (χ1v) is 10.2. The van der Waals surface area contributed by atoms with E-state index >= 15 is 0 Å². The highest BCUT2D eigenvalue weighted by Gasteiger charge is 2.29. The van der Waals surface area contributed by atoms with Crippen LogP contribution in [0.15, 0.2) is 41.3 Å². The van der Waals surface area contributed by atoms with Crippen molar-refractivity contribution in [3.63, 3.8) is 0 Å². The summed E-state index contributed by atoms with van der Waals surface area (Å²) in [5.41, 5.74) is 0.384. The third kappa shape index (κ3) is 5.08. The number of benzene rings is 2. The minimum absolute atomic E-state index is 0.0258. The van der Waals surface area contributed by atoms with E-state index in [1.165, 1.54) is 23.5 Å². The van der Waals surface area contributed by atoms with Crippen molar-refractivity contribution in [3.8, 4) is 5.75 Å². The third-order valence-electron chi connectivity index (χ3n) is 4.33. The molecule has 0 saturated carbocycles. The van der Waals surface area contributed by atoms with Crippen molar-refractivity contribution < 1.29 is 31.5 Å². The Morgan fingerprint density at radius 3 is 2.41 bits per heavy atom. The fourth-order valence-electron chi connectivity index (χ4n) is 2.98. The molecule has 10 heteroatoms. The van der Waals surface area contributed by atoms with Crippen molar-refractivity contribution in [2.45, 2.75) is 11.3 Å². The molecule has 0 bridgehead atoms. The number of hydrogen-bond acceptors (Lipinski definition) is 5. The molecule has 29 heavy (non-hydrogen) atoms. The number of anilines is 1. The zero-order valence-electron chi connectivity index (χ0n) is 15.7. The lowest BCUT2D eigenvalue weighted by Crippen LogP contribution is -2.40. The summed E-state index contributed by atoms with van der Waals surface area (Å²) in [6.07, 6.45) is -0.187. The minimum atomic E-state index is -3.84. The molecule has 1 N–H and O–H groups in total. The van der Waals surface area contributed by atoms with Crippen molar-refractivity contribution in [2.75, 3.05) is 38.7 Å². The Labute approximate surface area is 167 Å². The first-order chi connectivity index (χ1) is 13.8. The number of hydrogen-bond donors (Lipinski definition) is 1. The molecule has 1 aliphatic heterocycles. The standard InChI is InChI=1S/C19H20F2N2O5S/c1-27-17-3-2-13(8-18(17)29(25,26)23-4-6-28-7-5-23)9-19(24)22-16-11-14(20)10-15(21)12-16/h2-3,8,10-12H,4-7,9H2,1H3,(H,22,24). The van der Waals surface area contributed by atoms with Crippen molar-refractivity contribution in [2.24, 2.45) is 0 Å². The van der Waals surface area contributed by atoms with E-state index < -0.39 is 27.6 Å². The van der Waals surface area contributed by atoms with Gasteiger partial charge in [0.1, 0.15) is 22.3 Å². The van der Waals surface area contributed by atoms with Gasteiger partial charge in [0.2, 0.25) is 15.9 Å². The van der Waals surface area contributed by atoms with Gasteiger partial charge in [0, 0.05) is 24.8 Å². The van der Waals surface area contributed by atoms with Crippen LogP contribution in [0.5, 0.6) is 5.75 Å². The molecule has 0 atom stereocenters. The van der Waals surface area contributed by atoms with Crippen molar-refractivity contribution in [1.82, 2.24) is 4.31 Å². The Morgan fingerprint density at radius 1 is 1.14 bits per heavy atom. The summed E-state index contributed by atoms with van der Waals surface area (Å²) < 4.78 is 64.2. The number of carbonyl (C=O) groups excluding carboxylic acids is 1. The van der Waals surface area contributed by atoms with Crippen LogP contribution in [0.4, 0.5) is 14.5 Å². The largest absolute Gasteiger partial charge is 0.495 e. The summed E-state index contributed by atoms with van der Waals surface area (Å²) in [4.78, 5) is 12.2. The summed E-state index contributed by atoms with van der Waals surface area (Å²) in [5.74, 6) is -2.02. The van der Waals surface area contributed by atoms with Crippen LogP contribution in [0.1, 0.15) is 5.56 Å². The second kappa shape index (κ2) is 8.85. The summed E-state index contributed by atoms with van der Waals surface area (Å²) in [7, 11) is -2.48. The normalized spacial score (nSPS) is 15.1. The molecule has 0 unspecified atom stereocenters. The van der Waals surface area contributed by atoms with E-state index in [1.54, 1.807) is 6.07 Å². The van der Waals surface area contributed by atoms with Crippen LogP contribution in [0.3, 0.4) is 0 Å². The highest BCUT2D eigenvalue weighted by molar-refractivity contribution is 7.89. The van der Waals surface area contributed by atoms with Crippen molar-refractivity contribution in [1.29, 1.82) is 0 Å². The highest BCUT2D eigenvalue weighted by atomic mass is 32.2. The Kier molecular flexibility index (Phi) is 6.46. The molecule has 156 valence electrons. The highest BCUT2D eigenvalue weighted by Crippen LogP contribution is 2.28. The maximum Gasteiger partial charge on any atom is 0.246 e. The molecule has 3 rings (SSSR count). The van der Waals surface area contributed by atoms with Gasteiger partial charge < -0.3 is 14.8 Å². The van der Waals surface area contributed by atoms with Crippen molar-refractivity contribution in [3.05, 3.63) is 53.6 Å². The number of sulfonamides is 1. The van der Waals surface area contributed by atoms with Crippen molar-refractivity contribution >= 4 is 21.6 Å².